The molecule has 0 fully saturated rings. The van der Waals surface area contributed by atoms with Crippen LogP contribution in [0.5, 0.6) is 0 Å². The summed E-state index contributed by atoms with van der Waals surface area (Å²) in [6.07, 6.45) is -0.654. The van der Waals surface area contributed by atoms with Crippen LogP contribution >= 0.6 is 11.6 Å². The first kappa shape index (κ1) is 9.71. The van der Waals surface area contributed by atoms with Crippen LogP contribution in [-0.2, 0) is 6.42 Å². The molecule has 0 aromatic heterocycles. The Morgan fingerprint density at radius 3 is 2.86 bits per heavy atom. The van der Waals surface area contributed by atoms with Crippen LogP contribution in [-0.4, -0.2) is 6.54 Å². The Morgan fingerprint density at radius 2 is 2.14 bits per heavy atom. The molecule has 1 N–H and O–H groups in total. The number of hydrogen-bond acceptors (Lipinski definition) is 1. The molecule has 1 heterocycles. The number of hydrogen-bond donors (Lipinski definition) is 1. The van der Waals surface area contributed by atoms with E-state index >= 15 is 0 Å². The lowest BCUT2D eigenvalue weighted by Crippen LogP contribution is -2.12. The normalized spacial score (nSPS) is 15.1. The van der Waals surface area contributed by atoms with Gasteiger partial charge in [0.25, 0.3) is 6.43 Å². The quantitative estimate of drug-likeness (QED) is 0.758. The highest BCUT2D eigenvalue weighted by molar-refractivity contribution is 6.33. The highest BCUT2D eigenvalue weighted by atomic mass is 35.5. The third-order valence-electron chi connectivity index (χ3n) is 2.37. The van der Waals surface area contributed by atoms with E-state index in [0.717, 1.165) is 30.6 Å². The summed E-state index contributed by atoms with van der Waals surface area (Å²) >= 11 is 5.90. The lowest BCUT2D eigenvalue weighted by atomic mass is 10.0. The molecule has 1 aliphatic rings. The molecule has 0 radical (unpaired) electrons. The van der Waals surface area contributed by atoms with Crippen molar-refractivity contribution < 1.29 is 8.78 Å². The molecule has 1 nitrogen and oxygen atoms in total. The molecule has 4 heteroatoms. The monoisotopic (exact) mass is 217 g/mol. The zero-order chi connectivity index (χ0) is 10.1. The summed E-state index contributed by atoms with van der Waals surface area (Å²) in [6, 6.07) is 2.88. The lowest BCUT2D eigenvalue weighted by molar-refractivity contribution is 0.151. The fraction of sp³-hybridized carbons (Fsp3) is 0.400. The van der Waals surface area contributed by atoms with E-state index in [4.69, 9.17) is 11.6 Å². The molecule has 0 saturated heterocycles. The number of alkyl halides is 2. The van der Waals surface area contributed by atoms with Gasteiger partial charge >= 0.3 is 0 Å². The molecule has 76 valence electrons. The molecule has 0 amide bonds. The highest BCUT2D eigenvalue weighted by Gasteiger charge is 2.16. The SMILES string of the molecule is FC(F)c1cc(Cl)c2c(c1)CCCN2. The Labute approximate surface area is 86.1 Å². The predicted octanol–water partition coefficient (Wildman–Crippen LogP) is 3.64. The first-order valence-electron chi connectivity index (χ1n) is 4.53. The van der Waals surface area contributed by atoms with E-state index in [2.05, 4.69) is 5.32 Å². The van der Waals surface area contributed by atoms with Crippen LogP contribution in [0.2, 0.25) is 5.02 Å². The fourth-order valence-corrected chi connectivity index (χ4v) is 2.01. The summed E-state index contributed by atoms with van der Waals surface area (Å²) in [7, 11) is 0. The summed E-state index contributed by atoms with van der Waals surface area (Å²) in [5, 5.41) is 3.52. The van der Waals surface area contributed by atoms with Gasteiger partial charge in [0.15, 0.2) is 0 Å². The van der Waals surface area contributed by atoms with E-state index in [1.54, 1.807) is 0 Å². The number of rotatable bonds is 1. The average molecular weight is 218 g/mol. The van der Waals surface area contributed by atoms with Gasteiger partial charge in [0.1, 0.15) is 0 Å². The van der Waals surface area contributed by atoms with Crippen molar-refractivity contribution in [1.82, 2.24) is 0 Å². The van der Waals surface area contributed by atoms with Crippen molar-refractivity contribution in [3.05, 3.63) is 28.3 Å². The third kappa shape index (κ3) is 1.69. The number of aryl methyl sites for hydroxylation is 1. The zero-order valence-electron chi connectivity index (χ0n) is 7.49. The molecule has 1 aliphatic heterocycles. The average Bonchev–Trinajstić information content (AvgIpc) is 2.17. The summed E-state index contributed by atoms with van der Waals surface area (Å²) < 4.78 is 24.9. The molecular formula is C10H10ClF2N. The Balaban J connectivity index is 2.46. The van der Waals surface area contributed by atoms with E-state index in [0.29, 0.717) is 5.02 Å². The van der Waals surface area contributed by atoms with Gasteiger partial charge in [0.2, 0.25) is 0 Å². The van der Waals surface area contributed by atoms with Crippen molar-refractivity contribution >= 4 is 17.3 Å². The Hall–Kier alpha value is -0.830. The Bertz CT molecular complexity index is 352. The van der Waals surface area contributed by atoms with E-state index in [9.17, 15) is 8.78 Å². The van der Waals surface area contributed by atoms with Gasteiger partial charge < -0.3 is 5.32 Å². The van der Waals surface area contributed by atoms with Gasteiger partial charge in [-0.15, -0.1) is 0 Å². The summed E-state index contributed by atoms with van der Waals surface area (Å²) in [5.41, 5.74) is 1.74. The molecule has 0 bridgehead atoms. The number of nitrogens with one attached hydrogen (secondary N) is 1. The first-order valence-corrected chi connectivity index (χ1v) is 4.90. The summed E-state index contributed by atoms with van der Waals surface area (Å²) in [4.78, 5) is 0. The molecule has 0 aliphatic carbocycles. The number of anilines is 1. The van der Waals surface area contributed by atoms with Crippen LogP contribution < -0.4 is 5.32 Å². The fourth-order valence-electron chi connectivity index (χ4n) is 1.70. The van der Waals surface area contributed by atoms with Crippen LogP contribution in [0.3, 0.4) is 0 Å². The molecule has 2 rings (SSSR count). The Kier molecular flexibility index (Phi) is 2.59. The number of fused-ring (bicyclic) bond motifs is 1. The molecule has 0 spiro atoms. The van der Waals surface area contributed by atoms with Gasteiger partial charge in [0.05, 0.1) is 10.7 Å². The number of benzene rings is 1. The minimum Gasteiger partial charge on any atom is -0.384 e. The zero-order valence-corrected chi connectivity index (χ0v) is 8.24. The van der Waals surface area contributed by atoms with Crippen molar-refractivity contribution in [2.45, 2.75) is 19.3 Å². The van der Waals surface area contributed by atoms with Gasteiger partial charge in [-0.2, -0.15) is 0 Å². The van der Waals surface area contributed by atoms with Gasteiger partial charge in [-0.1, -0.05) is 11.6 Å². The minimum absolute atomic E-state index is 0.0115. The van der Waals surface area contributed by atoms with Crippen molar-refractivity contribution in [3.8, 4) is 0 Å². The summed E-state index contributed by atoms with van der Waals surface area (Å²) in [5.74, 6) is 0. The molecule has 14 heavy (non-hydrogen) atoms. The van der Waals surface area contributed by atoms with E-state index in [-0.39, 0.29) is 5.56 Å². The minimum atomic E-state index is -2.44. The van der Waals surface area contributed by atoms with Crippen LogP contribution in [0, 0.1) is 0 Å². The maximum absolute atomic E-state index is 12.4. The topological polar surface area (TPSA) is 12.0 Å². The van der Waals surface area contributed by atoms with E-state index in [1.807, 2.05) is 0 Å². The van der Waals surface area contributed by atoms with Crippen LogP contribution in [0.25, 0.3) is 0 Å². The van der Waals surface area contributed by atoms with Gasteiger partial charge in [-0.25, -0.2) is 8.78 Å². The first-order chi connectivity index (χ1) is 6.68. The molecule has 1 aromatic carbocycles. The second-order valence-corrected chi connectivity index (χ2v) is 3.78. The van der Waals surface area contributed by atoms with E-state index < -0.39 is 6.43 Å². The third-order valence-corrected chi connectivity index (χ3v) is 2.67. The highest BCUT2D eigenvalue weighted by Crippen LogP contribution is 2.34. The van der Waals surface area contributed by atoms with E-state index in [1.165, 1.54) is 12.1 Å². The Morgan fingerprint density at radius 1 is 1.36 bits per heavy atom. The van der Waals surface area contributed by atoms with Crippen LogP contribution in [0.4, 0.5) is 14.5 Å². The maximum Gasteiger partial charge on any atom is 0.263 e. The molecular weight excluding hydrogens is 208 g/mol. The largest absolute Gasteiger partial charge is 0.384 e. The van der Waals surface area contributed by atoms with Crippen LogP contribution in [0.1, 0.15) is 24.0 Å². The number of halogens is 3. The second-order valence-electron chi connectivity index (χ2n) is 3.37. The van der Waals surface area contributed by atoms with Crippen molar-refractivity contribution in [1.29, 1.82) is 0 Å². The predicted molar refractivity (Wildman–Crippen MR) is 53.2 cm³/mol. The van der Waals surface area contributed by atoms with Gasteiger partial charge in [-0.3, -0.25) is 0 Å². The van der Waals surface area contributed by atoms with Crippen LogP contribution in [0.15, 0.2) is 12.1 Å². The second kappa shape index (κ2) is 3.73. The molecule has 0 unspecified atom stereocenters. The lowest BCUT2D eigenvalue weighted by Gasteiger charge is -2.20. The summed E-state index contributed by atoms with van der Waals surface area (Å²) in [6.45, 7) is 0.862. The van der Waals surface area contributed by atoms with Gasteiger partial charge in [-0.05, 0) is 30.5 Å². The maximum atomic E-state index is 12.4. The van der Waals surface area contributed by atoms with Crippen molar-refractivity contribution in [2.24, 2.45) is 0 Å². The van der Waals surface area contributed by atoms with Gasteiger partial charge in [0, 0.05) is 12.1 Å². The molecule has 1 aromatic rings. The standard InChI is InChI=1S/C10H10ClF2N/c11-8-5-7(10(12)13)4-6-2-1-3-14-9(6)8/h4-5,10,14H,1-3H2. The van der Waals surface area contributed by atoms with Crippen molar-refractivity contribution in [3.63, 3.8) is 0 Å². The molecule has 0 saturated carbocycles. The molecule has 0 atom stereocenters. The van der Waals surface area contributed by atoms with Crippen molar-refractivity contribution in [2.75, 3.05) is 11.9 Å². The smallest absolute Gasteiger partial charge is 0.263 e.